The summed E-state index contributed by atoms with van der Waals surface area (Å²) in [6.45, 7) is 0.0801. The van der Waals surface area contributed by atoms with E-state index in [9.17, 15) is 22.8 Å². The molecule has 5 rings (SSSR count). The average Bonchev–Trinajstić information content (AvgIpc) is 3.02. The molecule has 0 aliphatic carbocycles. The number of hydrogen-bond acceptors (Lipinski definition) is 3. The third kappa shape index (κ3) is 4.16. The second-order valence-electron chi connectivity index (χ2n) is 8.19. The van der Waals surface area contributed by atoms with E-state index in [1.807, 2.05) is 35.9 Å². The molecular weight excluding hydrogens is 475 g/mol. The van der Waals surface area contributed by atoms with Crippen molar-refractivity contribution in [1.82, 2.24) is 9.88 Å². The van der Waals surface area contributed by atoms with Gasteiger partial charge in [0.1, 0.15) is 23.5 Å². The lowest BCUT2D eigenvalue weighted by atomic mass is 10.0. The van der Waals surface area contributed by atoms with Crippen molar-refractivity contribution >= 4 is 40.2 Å². The molecule has 0 saturated carbocycles. The summed E-state index contributed by atoms with van der Waals surface area (Å²) in [6, 6.07) is 14.8. The average molecular weight is 496 g/mol. The van der Waals surface area contributed by atoms with E-state index >= 15 is 0 Å². The van der Waals surface area contributed by atoms with E-state index in [1.54, 1.807) is 12.1 Å². The first-order valence-electron chi connectivity index (χ1n) is 10.8. The van der Waals surface area contributed by atoms with Crippen LogP contribution < -0.4 is 10.2 Å². The van der Waals surface area contributed by atoms with Crippen molar-refractivity contribution in [3.05, 3.63) is 95.3 Å². The van der Waals surface area contributed by atoms with Crippen LogP contribution in [0.2, 0.25) is 0 Å². The Hall–Kier alpha value is -3.72. The predicted octanol–water partition coefficient (Wildman–Crippen LogP) is 5.09. The molecule has 1 aromatic heterocycles. The van der Waals surface area contributed by atoms with E-state index in [0.29, 0.717) is 22.2 Å². The van der Waals surface area contributed by atoms with E-state index in [0.717, 1.165) is 21.9 Å². The number of nitrogens with zero attached hydrogens (tertiary/aromatic N) is 2. The largest absolute Gasteiger partial charge is 0.350 e. The van der Waals surface area contributed by atoms with E-state index in [2.05, 4.69) is 5.32 Å². The molecule has 3 aromatic carbocycles. The number of aryl methyl sites for hydroxylation is 1. The van der Waals surface area contributed by atoms with Gasteiger partial charge in [0.25, 0.3) is 0 Å². The molecule has 2 amide bonds. The predicted molar refractivity (Wildman–Crippen MR) is 128 cm³/mol. The Labute approximate surface area is 203 Å². The number of para-hydroxylation sites is 1. The van der Waals surface area contributed by atoms with Gasteiger partial charge in [0, 0.05) is 36.1 Å². The van der Waals surface area contributed by atoms with Crippen LogP contribution in [0.5, 0.6) is 0 Å². The summed E-state index contributed by atoms with van der Waals surface area (Å²) >= 11 is 1.27. The van der Waals surface area contributed by atoms with Crippen LogP contribution in [-0.2, 0) is 23.2 Å². The number of aromatic nitrogens is 1. The molecule has 5 nitrogen and oxygen atoms in total. The molecular formula is C26H20F3N3O2S. The maximum Gasteiger partial charge on any atom is 0.248 e. The van der Waals surface area contributed by atoms with Crippen LogP contribution >= 0.6 is 11.8 Å². The number of thioether (sulfide) groups is 1. The number of anilines is 1. The van der Waals surface area contributed by atoms with Crippen LogP contribution in [0.3, 0.4) is 0 Å². The Bertz CT molecular complexity index is 1450. The number of halogens is 3. The van der Waals surface area contributed by atoms with Gasteiger partial charge in [-0.25, -0.2) is 13.2 Å². The number of carbonyl (C=O) groups is 2. The second-order valence-corrected chi connectivity index (χ2v) is 9.15. The van der Waals surface area contributed by atoms with Crippen molar-refractivity contribution in [2.24, 2.45) is 7.05 Å². The molecule has 2 heterocycles. The van der Waals surface area contributed by atoms with Crippen molar-refractivity contribution in [2.75, 3.05) is 10.7 Å². The molecule has 1 N–H and O–H groups in total. The van der Waals surface area contributed by atoms with Crippen molar-refractivity contribution in [3.63, 3.8) is 0 Å². The topological polar surface area (TPSA) is 54.3 Å². The fraction of sp³-hybridized carbons (Fsp3) is 0.154. The van der Waals surface area contributed by atoms with Gasteiger partial charge in [0.05, 0.1) is 16.5 Å². The van der Waals surface area contributed by atoms with Crippen molar-refractivity contribution in [2.45, 2.75) is 17.6 Å². The molecule has 1 aliphatic rings. The molecule has 1 atom stereocenters. The molecule has 35 heavy (non-hydrogen) atoms. The highest BCUT2D eigenvalue weighted by Crippen LogP contribution is 2.43. The first-order valence-corrected chi connectivity index (χ1v) is 11.8. The number of rotatable bonds is 4. The normalized spacial score (nSPS) is 15.7. The lowest BCUT2D eigenvalue weighted by molar-refractivity contribution is -0.126. The minimum Gasteiger partial charge on any atom is -0.350 e. The number of hydrogen-bond donors (Lipinski definition) is 1. The van der Waals surface area contributed by atoms with Gasteiger partial charge in [-0.2, -0.15) is 0 Å². The minimum atomic E-state index is -1.21. The highest BCUT2D eigenvalue weighted by atomic mass is 32.2. The third-order valence-corrected chi connectivity index (χ3v) is 7.18. The summed E-state index contributed by atoms with van der Waals surface area (Å²) in [7, 11) is 1.85. The van der Waals surface area contributed by atoms with Gasteiger partial charge < -0.3 is 9.88 Å². The van der Waals surface area contributed by atoms with Gasteiger partial charge >= 0.3 is 0 Å². The Balaban J connectivity index is 1.65. The summed E-state index contributed by atoms with van der Waals surface area (Å²) in [4.78, 5) is 28.1. The zero-order chi connectivity index (χ0) is 24.7. The van der Waals surface area contributed by atoms with Gasteiger partial charge in [0.2, 0.25) is 11.8 Å². The van der Waals surface area contributed by atoms with Gasteiger partial charge in [-0.3, -0.25) is 14.5 Å². The standard InChI is InChI=1S/C26H20F3N3O2S/c1-31-20-5-3-2-4-18(20)23-24(25(34)30-13-15-6-8-16(27)9-7-15)32(22(33)14-35-26(23)31)21-11-10-17(28)12-19(21)29/h2-12,24H,13-14H2,1H3,(H,30,34). The second kappa shape index (κ2) is 9.14. The summed E-state index contributed by atoms with van der Waals surface area (Å²) in [5.74, 6) is -3.18. The van der Waals surface area contributed by atoms with E-state index in [1.165, 1.54) is 30.0 Å². The van der Waals surface area contributed by atoms with Crippen LogP contribution in [0.15, 0.2) is 71.8 Å². The van der Waals surface area contributed by atoms with E-state index < -0.39 is 35.3 Å². The van der Waals surface area contributed by atoms with Gasteiger partial charge in [-0.15, -0.1) is 0 Å². The molecule has 0 spiro atoms. The molecule has 4 aromatic rings. The highest BCUT2D eigenvalue weighted by Gasteiger charge is 2.40. The minimum absolute atomic E-state index is 0.0320. The smallest absolute Gasteiger partial charge is 0.248 e. The first-order chi connectivity index (χ1) is 16.8. The SMILES string of the molecule is Cn1c2c(c3ccccc31)C(C(=O)NCc1ccc(F)cc1)N(c1ccc(F)cc1F)C(=O)CS2. The maximum absolute atomic E-state index is 14.9. The quantitative estimate of drug-likeness (QED) is 0.429. The van der Waals surface area contributed by atoms with Crippen LogP contribution in [0.1, 0.15) is 17.2 Å². The fourth-order valence-electron chi connectivity index (χ4n) is 4.40. The number of carbonyl (C=O) groups excluding carboxylic acids is 2. The third-order valence-electron chi connectivity index (χ3n) is 6.02. The Kier molecular flexibility index (Phi) is 6.02. The van der Waals surface area contributed by atoms with Gasteiger partial charge in [-0.05, 0) is 35.9 Å². The van der Waals surface area contributed by atoms with Gasteiger partial charge in [0.15, 0.2) is 0 Å². The number of benzene rings is 3. The van der Waals surface area contributed by atoms with Crippen molar-refractivity contribution in [3.8, 4) is 0 Å². The number of nitrogens with one attached hydrogen (secondary N) is 1. The summed E-state index contributed by atoms with van der Waals surface area (Å²) < 4.78 is 43.8. The Morgan fingerprint density at radius 3 is 2.49 bits per heavy atom. The van der Waals surface area contributed by atoms with E-state index in [-0.39, 0.29) is 18.0 Å². The Morgan fingerprint density at radius 1 is 1.03 bits per heavy atom. The number of amides is 2. The molecule has 0 bridgehead atoms. The van der Waals surface area contributed by atoms with Crippen molar-refractivity contribution in [1.29, 1.82) is 0 Å². The molecule has 0 radical (unpaired) electrons. The monoisotopic (exact) mass is 495 g/mol. The summed E-state index contributed by atoms with van der Waals surface area (Å²) in [5.41, 5.74) is 1.90. The van der Waals surface area contributed by atoms with Crippen LogP contribution in [-0.4, -0.2) is 22.1 Å². The molecule has 0 fully saturated rings. The first kappa shape index (κ1) is 23.0. The summed E-state index contributed by atoms with van der Waals surface area (Å²) in [5, 5.41) is 4.28. The molecule has 1 aliphatic heterocycles. The van der Waals surface area contributed by atoms with Crippen LogP contribution in [0, 0.1) is 17.5 Å². The highest BCUT2D eigenvalue weighted by molar-refractivity contribution is 8.00. The lowest BCUT2D eigenvalue weighted by Gasteiger charge is -2.30. The van der Waals surface area contributed by atoms with Crippen LogP contribution in [0.25, 0.3) is 10.9 Å². The lowest BCUT2D eigenvalue weighted by Crippen LogP contribution is -2.44. The maximum atomic E-state index is 14.9. The number of fused-ring (bicyclic) bond motifs is 3. The zero-order valence-electron chi connectivity index (χ0n) is 18.6. The molecule has 178 valence electrons. The summed E-state index contributed by atoms with van der Waals surface area (Å²) in [6.07, 6.45) is 0. The molecule has 1 unspecified atom stereocenters. The van der Waals surface area contributed by atoms with E-state index in [4.69, 9.17) is 0 Å². The van der Waals surface area contributed by atoms with Crippen LogP contribution in [0.4, 0.5) is 18.9 Å². The Morgan fingerprint density at radius 2 is 1.74 bits per heavy atom. The molecule has 0 saturated heterocycles. The van der Waals surface area contributed by atoms with Gasteiger partial charge in [-0.1, -0.05) is 42.1 Å². The van der Waals surface area contributed by atoms with Crippen molar-refractivity contribution < 1.29 is 22.8 Å². The molecule has 9 heteroatoms. The zero-order valence-corrected chi connectivity index (χ0v) is 19.4. The fourth-order valence-corrected chi connectivity index (χ4v) is 5.47.